The van der Waals surface area contributed by atoms with Gasteiger partial charge in [0.1, 0.15) is 11.3 Å². The summed E-state index contributed by atoms with van der Waals surface area (Å²) >= 11 is 0. The van der Waals surface area contributed by atoms with E-state index in [9.17, 15) is 9.59 Å². The van der Waals surface area contributed by atoms with E-state index < -0.39 is 11.9 Å². The second kappa shape index (κ2) is 4.41. The molecule has 0 heterocycles. The highest BCUT2D eigenvalue weighted by atomic mass is 16.5. The summed E-state index contributed by atoms with van der Waals surface area (Å²) in [6.45, 7) is 5.01. The molecule has 1 rings (SSSR count). The maximum Gasteiger partial charge on any atom is 0.339 e. The number of hydrogen-bond acceptors (Lipinski definition) is 3. The van der Waals surface area contributed by atoms with Gasteiger partial charge >= 0.3 is 11.9 Å². The molecule has 1 aromatic rings. The summed E-state index contributed by atoms with van der Waals surface area (Å²) < 4.78 is 4.80. The van der Waals surface area contributed by atoms with Gasteiger partial charge < -0.3 is 9.84 Å². The largest absolute Gasteiger partial charge is 0.478 e. The Morgan fingerprint density at radius 2 is 2.13 bits per heavy atom. The van der Waals surface area contributed by atoms with Gasteiger partial charge in [-0.2, -0.15) is 0 Å². The molecule has 1 N–H and O–H groups in total. The van der Waals surface area contributed by atoms with Crippen LogP contribution in [-0.4, -0.2) is 17.0 Å². The van der Waals surface area contributed by atoms with E-state index in [4.69, 9.17) is 9.84 Å². The fourth-order valence-corrected chi connectivity index (χ4v) is 1.04. The molecule has 78 valence electrons. The smallest absolute Gasteiger partial charge is 0.339 e. The summed E-state index contributed by atoms with van der Waals surface area (Å²) in [4.78, 5) is 21.7. The van der Waals surface area contributed by atoms with E-state index in [1.165, 1.54) is 12.1 Å². The Labute approximate surface area is 86.8 Å². The van der Waals surface area contributed by atoms with Crippen LogP contribution < -0.4 is 4.74 Å². The summed E-state index contributed by atoms with van der Waals surface area (Å²) in [6.07, 6.45) is 0.980. The van der Waals surface area contributed by atoms with E-state index in [0.717, 1.165) is 11.6 Å². The van der Waals surface area contributed by atoms with Crippen LogP contribution in [0.3, 0.4) is 0 Å². The third-order valence-electron chi connectivity index (χ3n) is 1.74. The Morgan fingerprint density at radius 3 is 2.67 bits per heavy atom. The van der Waals surface area contributed by atoms with Gasteiger partial charge in [-0.25, -0.2) is 9.59 Å². The van der Waals surface area contributed by atoms with Crippen molar-refractivity contribution in [1.29, 1.82) is 0 Å². The maximum atomic E-state index is 10.9. The van der Waals surface area contributed by atoms with Gasteiger partial charge in [-0.15, -0.1) is 0 Å². The molecule has 0 atom stereocenters. The summed E-state index contributed by atoms with van der Waals surface area (Å²) in [5, 5.41) is 8.83. The van der Waals surface area contributed by atoms with Crippen LogP contribution in [0.1, 0.15) is 15.9 Å². The Bertz CT molecular complexity index is 421. The van der Waals surface area contributed by atoms with Gasteiger partial charge in [-0.1, -0.05) is 12.6 Å². The Kier molecular flexibility index (Phi) is 3.23. The van der Waals surface area contributed by atoms with Crippen molar-refractivity contribution in [1.82, 2.24) is 0 Å². The van der Waals surface area contributed by atoms with E-state index in [-0.39, 0.29) is 11.3 Å². The molecule has 0 unspecified atom stereocenters. The molecule has 0 bridgehead atoms. The van der Waals surface area contributed by atoms with Crippen molar-refractivity contribution < 1.29 is 19.4 Å². The molecule has 0 fully saturated rings. The van der Waals surface area contributed by atoms with Gasteiger partial charge in [0.15, 0.2) is 0 Å². The summed E-state index contributed by atoms with van der Waals surface area (Å²) in [7, 11) is 0. The normalized spacial score (nSPS) is 9.40. The number of carboxylic acid groups (broad SMARTS) is 1. The lowest BCUT2D eigenvalue weighted by Crippen LogP contribution is -2.08. The van der Waals surface area contributed by atoms with Gasteiger partial charge in [0.05, 0.1) is 0 Å². The predicted octanol–water partition coefficient (Wildman–Crippen LogP) is 1.78. The van der Waals surface area contributed by atoms with Crippen molar-refractivity contribution in [2.45, 2.75) is 6.92 Å². The molecular weight excluding hydrogens is 196 g/mol. The van der Waals surface area contributed by atoms with Crippen molar-refractivity contribution in [3.63, 3.8) is 0 Å². The van der Waals surface area contributed by atoms with E-state index in [2.05, 4.69) is 6.58 Å². The van der Waals surface area contributed by atoms with Crippen molar-refractivity contribution >= 4 is 11.9 Å². The number of ether oxygens (including phenoxy) is 1. The molecule has 0 aliphatic heterocycles. The Hall–Kier alpha value is -2.10. The highest BCUT2D eigenvalue weighted by molar-refractivity contribution is 5.93. The van der Waals surface area contributed by atoms with Crippen LogP contribution >= 0.6 is 0 Å². The molecule has 0 aliphatic carbocycles. The van der Waals surface area contributed by atoms with Crippen molar-refractivity contribution in [3.8, 4) is 5.75 Å². The Morgan fingerprint density at radius 1 is 1.47 bits per heavy atom. The SMILES string of the molecule is C=CC(=O)Oc1cc(C)ccc1C(=O)O. The van der Waals surface area contributed by atoms with Crippen LogP contribution in [0.15, 0.2) is 30.9 Å². The number of aromatic carboxylic acids is 1. The van der Waals surface area contributed by atoms with Gasteiger partial charge in [0.2, 0.25) is 0 Å². The molecule has 0 aromatic heterocycles. The first-order valence-corrected chi connectivity index (χ1v) is 4.23. The molecule has 4 heteroatoms. The van der Waals surface area contributed by atoms with Gasteiger partial charge in [-0.05, 0) is 24.6 Å². The van der Waals surface area contributed by atoms with Crippen LogP contribution in [0.2, 0.25) is 0 Å². The second-order valence-electron chi connectivity index (χ2n) is 2.93. The first-order valence-electron chi connectivity index (χ1n) is 4.23. The first kappa shape index (κ1) is 11.0. The molecule has 1 aromatic carbocycles. The quantitative estimate of drug-likeness (QED) is 0.465. The topological polar surface area (TPSA) is 63.6 Å². The minimum atomic E-state index is -1.14. The molecule has 0 aliphatic rings. The van der Waals surface area contributed by atoms with E-state index in [1.54, 1.807) is 13.0 Å². The number of carbonyl (C=O) groups excluding carboxylic acids is 1. The van der Waals surface area contributed by atoms with Crippen LogP contribution in [0, 0.1) is 6.92 Å². The number of benzene rings is 1. The summed E-state index contributed by atoms with van der Waals surface area (Å²) in [5.41, 5.74) is 0.766. The number of esters is 1. The van der Waals surface area contributed by atoms with Crippen LogP contribution in [0.4, 0.5) is 0 Å². The average molecular weight is 206 g/mol. The maximum absolute atomic E-state index is 10.9. The zero-order valence-electron chi connectivity index (χ0n) is 8.19. The highest BCUT2D eigenvalue weighted by Gasteiger charge is 2.13. The number of aryl methyl sites for hydroxylation is 1. The van der Waals surface area contributed by atoms with Crippen molar-refractivity contribution in [2.75, 3.05) is 0 Å². The lowest BCUT2D eigenvalue weighted by Gasteiger charge is -2.06. The molecule has 15 heavy (non-hydrogen) atoms. The third kappa shape index (κ3) is 2.67. The molecule has 0 saturated carbocycles. The van der Waals surface area contributed by atoms with Gasteiger partial charge in [-0.3, -0.25) is 0 Å². The van der Waals surface area contributed by atoms with Crippen LogP contribution in [0.25, 0.3) is 0 Å². The minimum absolute atomic E-state index is 0.0346. The number of hydrogen-bond donors (Lipinski definition) is 1. The van der Waals surface area contributed by atoms with E-state index >= 15 is 0 Å². The molecular formula is C11H10O4. The molecule has 0 amide bonds. The third-order valence-corrected chi connectivity index (χ3v) is 1.74. The predicted molar refractivity (Wildman–Crippen MR) is 54.0 cm³/mol. The monoisotopic (exact) mass is 206 g/mol. The van der Waals surface area contributed by atoms with Gasteiger partial charge in [0.25, 0.3) is 0 Å². The lowest BCUT2D eigenvalue weighted by atomic mass is 10.1. The fraction of sp³-hybridized carbons (Fsp3) is 0.0909. The zero-order chi connectivity index (χ0) is 11.4. The van der Waals surface area contributed by atoms with Crippen LogP contribution in [-0.2, 0) is 4.79 Å². The Balaban J connectivity index is 3.12. The first-order chi connectivity index (χ1) is 7.04. The minimum Gasteiger partial charge on any atom is -0.478 e. The fourth-order valence-electron chi connectivity index (χ4n) is 1.04. The number of rotatable bonds is 3. The highest BCUT2D eigenvalue weighted by Crippen LogP contribution is 2.20. The van der Waals surface area contributed by atoms with Gasteiger partial charge in [0, 0.05) is 6.08 Å². The lowest BCUT2D eigenvalue weighted by molar-refractivity contribution is -0.128. The zero-order valence-corrected chi connectivity index (χ0v) is 8.19. The summed E-state index contributed by atoms with van der Waals surface area (Å²) in [6, 6.07) is 4.52. The second-order valence-corrected chi connectivity index (χ2v) is 2.93. The number of carboxylic acids is 1. The molecule has 0 spiro atoms. The van der Waals surface area contributed by atoms with Crippen molar-refractivity contribution in [2.24, 2.45) is 0 Å². The van der Waals surface area contributed by atoms with E-state index in [0.29, 0.717) is 0 Å². The number of carbonyl (C=O) groups is 2. The molecule has 0 saturated heterocycles. The summed E-state index contributed by atoms with van der Waals surface area (Å²) in [5.74, 6) is -1.78. The van der Waals surface area contributed by atoms with Crippen molar-refractivity contribution in [3.05, 3.63) is 42.0 Å². The van der Waals surface area contributed by atoms with Crippen LogP contribution in [0.5, 0.6) is 5.75 Å². The average Bonchev–Trinajstić information content (AvgIpc) is 2.17. The van der Waals surface area contributed by atoms with E-state index in [1.807, 2.05) is 0 Å². The molecule has 4 nitrogen and oxygen atoms in total. The molecule has 0 radical (unpaired) electrons. The standard InChI is InChI=1S/C11H10O4/c1-3-10(12)15-9-6-7(2)4-5-8(9)11(13)14/h3-6H,1H2,2H3,(H,13,14).